The normalized spacial score (nSPS) is 10.4. The third-order valence-electron chi connectivity index (χ3n) is 3.76. The molecule has 0 saturated heterocycles. The number of nitrogens with one attached hydrogen (secondary N) is 1. The molecular formula is C20H20N2O4. The summed E-state index contributed by atoms with van der Waals surface area (Å²) >= 11 is 0. The van der Waals surface area contributed by atoms with Gasteiger partial charge in [0.25, 0.3) is 0 Å². The van der Waals surface area contributed by atoms with Crippen LogP contribution < -0.4 is 14.8 Å². The number of pyridine rings is 1. The van der Waals surface area contributed by atoms with Crippen LogP contribution in [0.15, 0.2) is 59.5 Å². The Hall–Kier alpha value is -3.28. The van der Waals surface area contributed by atoms with Gasteiger partial charge in [0, 0.05) is 35.6 Å². The summed E-state index contributed by atoms with van der Waals surface area (Å²) in [7, 11) is 1.59. The predicted octanol–water partition coefficient (Wildman–Crippen LogP) is 4.52. The van der Waals surface area contributed by atoms with Crippen molar-refractivity contribution in [1.82, 2.24) is 10.3 Å². The molecule has 0 aliphatic heterocycles. The van der Waals surface area contributed by atoms with Crippen LogP contribution in [0.1, 0.15) is 13.3 Å². The van der Waals surface area contributed by atoms with Gasteiger partial charge in [-0.15, -0.1) is 0 Å². The molecule has 0 radical (unpaired) electrons. The van der Waals surface area contributed by atoms with Gasteiger partial charge < -0.3 is 19.2 Å². The number of amides is 1. The first-order valence-corrected chi connectivity index (χ1v) is 8.34. The lowest BCUT2D eigenvalue weighted by atomic mass is 10.0. The number of furan rings is 1. The predicted molar refractivity (Wildman–Crippen MR) is 98.2 cm³/mol. The molecule has 6 nitrogen and oxygen atoms in total. The van der Waals surface area contributed by atoms with Crippen LogP contribution >= 0.6 is 0 Å². The minimum atomic E-state index is -0.481. The molecule has 0 aliphatic rings. The minimum absolute atomic E-state index is 0.429. The van der Waals surface area contributed by atoms with Gasteiger partial charge in [-0.3, -0.25) is 4.98 Å². The monoisotopic (exact) mass is 352 g/mol. The number of rotatable bonds is 6. The Labute approximate surface area is 151 Å². The van der Waals surface area contributed by atoms with E-state index in [-0.39, 0.29) is 0 Å². The van der Waals surface area contributed by atoms with Crippen molar-refractivity contribution < 1.29 is 18.7 Å². The molecule has 3 aromatic rings. The van der Waals surface area contributed by atoms with Crippen LogP contribution in [0.2, 0.25) is 0 Å². The summed E-state index contributed by atoms with van der Waals surface area (Å²) in [5, 5.41) is 2.68. The van der Waals surface area contributed by atoms with E-state index in [1.165, 1.54) is 0 Å². The van der Waals surface area contributed by atoms with Crippen molar-refractivity contribution in [3.8, 4) is 33.9 Å². The summed E-state index contributed by atoms with van der Waals surface area (Å²) in [4.78, 5) is 16.1. The maximum absolute atomic E-state index is 11.8. The molecule has 0 unspecified atom stereocenters. The van der Waals surface area contributed by atoms with E-state index >= 15 is 0 Å². The average molecular weight is 352 g/mol. The molecule has 6 heteroatoms. The molecule has 0 fully saturated rings. The van der Waals surface area contributed by atoms with Gasteiger partial charge >= 0.3 is 6.09 Å². The Bertz CT molecular complexity index is 875. The van der Waals surface area contributed by atoms with Crippen LogP contribution in [0.25, 0.3) is 22.5 Å². The van der Waals surface area contributed by atoms with Crippen molar-refractivity contribution in [2.75, 3.05) is 13.7 Å². The molecular weight excluding hydrogens is 332 g/mol. The Morgan fingerprint density at radius 1 is 1.19 bits per heavy atom. The Kier molecular flexibility index (Phi) is 5.53. The van der Waals surface area contributed by atoms with Crippen LogP contribution in [0.3, 0.4) is 0 Å². The van der Waals surface area contributed by atoms with Gasteiger partial charge in [0.15, 0.2) is 0 Å². The molecule has 1 amide bonds. The zero-order chi connectivity index (χ0) is 18.4. The highest BCUT2D eigenvalue weighted by molar-refractivity contribution is 5.77. The molecule has 3 rings (SSSR count). The average Bonchev–Trinajstić information content (AvgIpc) is 3.21. The van der Waals surface area contributed by atoms with E-state index in [1.807, 2.05) is 25.1 Å². The molecule has 134 valence electrons. The van der Waals surface area contributed by atoms with Crippen molar-refractivity contribution >= 4 is 6.09 Å². The van der Waals surface area contributed by atoms with Crippen LogP contribution in [0, 0.1) is 0 Å². The fourth-order valence-corrected chi connectivity index (χ4v) is 2.51. The molecule has 1 aromatic carbocycles. The molecule has 0 spiro atoms. The summed E-state index contributed by atoms with van der Waals surface area (Å²) in [6, 6.07) is 10.9. The van der Waals surface area contributed by atoms with Gasteiger partial charge in [0.1, 0.15) is 17.3 Å². The number of hydrogen-bond donors (Lipinski definition) is 1. The number of hydrogen-bond acceptors (Lipinski definition) is 5. The number of carbonyl (C=O) groups excluding carboxylic acids is 1. The highest BCUT2D eigenvalue weighted by atomic mass is 16.6. The van der Waals surface area contributed by atoms with Crippen LogP contribution in [-0.2, 0) is 0 Å². The third-order valence-corrected chi connectivity index (χ3v) is 3.76. The molecule has 0 aliphatic carbocycles. The van der Waals surface area contributed by atoms with Gasteiger partial charge in [0.05, 0.1) is 13.4 Å². The van der Waals surface area contributed by atoms with Crippen molar-refractivity contribution in [1.29, 1.82) is 0 Å². The zero-order valence-corrected chi connectivity index (χ0v) is 14.7. The van der Waals surface area contributed by atoms with Gasteiger partial charge in [0.2, 0.25) is 0 Å². The first kappa shape index (κ1) is 17.5. The fourth-order valence-electron chi connectivity index (χ4n) is 2.51. The number of carbonyl (C=O) groups is 1. The second kappa shape index (κ2) is 8.20. The molecule has 0 atom stereocenters. The molecule has 0 bridgehead atoms. The van der Waals surface area contributed by atoms with E-state index in [1.54, 1.807) is 44.0 Å². The number of aromatic nitrogens is 1. The Balaban J connectivity index is 1.92. The number of methoxy groups -OCH3 is 1. The lowest BCUT2D eigenvalue weighted by Gasteiger charge is -2.12. The first-order valence-electron chi connectivity index (χ1n) is 8.34. The number of benzene rings is 1. The van der Waals surface area contributed by atoms with Crippen LogP contribution in [0.4, 0.5) is 4.79 Å². The summed E-state index contributed by atoms with van der Waals surface area (Å²) in [5.74, 6) is 1.81. The molecule has 1 N–H and O–H groups in total. The lowest BCUT2D eigenvalue weighted by molar-refractivity contribution is 0.200. The zero-order valence-electron chi connectivity index (χ0n) is 14.7. The maximum Gasteiger partial charge on any atom is 0.412 e. The largest absolute Gasteiger partial charge is 0.496 e. The molecule has 26 heavy (non-hydrogen) atoms. The highest BCUT2D eigenvalue weighted by Gasteiger charge is 2.12. The van der Waals surface area contributed by atoms with Crippen molar-refractivity contribution in [2.24, 2.45) is 0 Å². The van der Waals surface area contributed by atoms with E-state index in [4.69, 9.17) is 13.9 Å². The second-order valence-corrected chi connectivity index (χ2v) is 5.62. The van der Waals surface area contributed by atoms with Gasteiger partial charge in [-0.05, 0) is 42.8 Å². The van der Waals surface area contributed by atoms with Gasteiger partial charge in [-0.2, -0.15) is 0 Å². The summed E-state index contributed by atoms with van der Waals surface area (Å²) in [6.07, 6.45) is 5.43. The topological polar surface area (TPSA) is 73.6 Å². The summed E-state index contributed by atoms with van der Waals surface area (Å²) in [5.41, 5.74) is 2.45. The van der Waals surface area contributed by atoms with E-state index < -0.39 is 6.09 Å². The van der Waals surface area contributed by atoms with Crippen LogP contribution in [-0.4, -0.2) is 24.7 Å². The van der Waals surface area contributed by atoms with E-state index in [2.05, 4.69) is 10.3 Å². The number of ether oxygens (including phenoxy) is 2. The fraction of sp³-hybridized carbons (Fsp3) is 0.200. The quantitative estimate of drug-likeness (QED) is 0.706. The maximum atomic E-state index is 11.8. The first-order chi connectivity index (χ1) is 12.7. The summed E-state index contributed by atoms with van der Waals surface area (Å²) in [6.45, 7) is 2.54. The SMILES string of the molecule is CCCNC(=O)Oc1ccc(OC)c(-c2cncc(-c3ccco3)c2)c1. The van der Waals surface area contributed by atoms with Crippen molar-refractivity contribution in [3.05, 3.63) is 55.1 Å². The van der Waals surface area contributed by atoms with E-state index in [9.17, 15) is 4.79 Å². The van der Waals surface area contributed by atoms with E-state index in [0.29, 0.717) is 18.0 Å². The smallest absolute Gasteiger partial charge is 0.412 e. The standard InChI is InChI=1S/C20H20N2O4/c1-3-8-22-20(23)26-16-6-7-19(24-2)17(11-16)14-10-15(13-21-12-14)18-5-4-9-25-18/h4-7,9-13H,3,8H2,1-2H3,(H,22,23). The van der Waals surface area contributed by atoms with Crippen molar-refractivity contribution in [3.63, 3.8) is 0 Å². The van der Waals surface area contributed by atoms with Gasteiger partial charge in [-0.1, -0.05) is 6.92 Å². The molecule has 0 saturated carbocycles. The second-order valence-electron chi connectivity index (χ2n) is 5.62. The van der Waals surface area contributed by atoms with E-state index in [0.717, 1.165) is 28.9 Å². The van der Waals surface area contributed by atoms with Gasteiger partial charge in [-0.25, -0.2) is 4.79 Å². The molecule has 2 heterocycles. The summed E-state index contributed by atoms with van der Waals surface area (Å²) < 4.78 is 16.2. The number of nitrogens with zero attached hydrogens (tertiary/aromatic N) is 1. The minimum Gasteiger partial charge on any atom is -0.496 e. The lowest BCUT2D eigenvalue weighted by Crippen LogP contribution is -2.27. The van der Waals surface area contributed by atoms with Crippen molar-refractivity contribution in [2.45, 2.75) is 13.3 Å². The highest BCUT2D eigenvalue weighted by Crippen LogP contribution is 2.35. The molecule has 2 aromatic heterocycles. The van der Waals surface area contributed by atoms with Crippen LogP contribution in [0.5, 0.6) is 11.5 Å². The Morgan fingerprint density at radius 2 is 2.04 bits per heavy atom. The Morgan fingerprint density at radius 3 is 2.77 bits per heavy atom. The third kappa shape index (κ3) is 4.03.